The summed E-state index contributed by atoms with van der Waals surface area (Å²) in [7, 11) is 0. The molecule has 19 heavy (non-hydrogen) atoms. The number of carbonyl (C=O) groups is 1. The molecule has 0 N–H and O–H groups in total. The average Bonchev–Trinajstić information content (AvgIpc) is 2.88. The van der Waals surface area contributed by atoms with E-state index in [1.165, 1.54) is 0 Å². The summed E-state index contributed by atoms with van der Waals surface area (Å²) in [6.07, 6.45) is 0.251. The number of nitrogens with zero attached hydrogens (tertiary/aromatic N) is 4. The van der Waals surface area contributed by atoms with Crippen molar-refractivity contribution < 1.29 is 9.32 Å². The van der Waals surface area contributed by atoms with Crippen LogP contribution in [0.25, 0.3) is 0 Å². The first-order chi connectivity index (χ1) is 9.13. The minimum Gasteiger partial charge on any atom is -0.339 e. The Labute approximate surface area is 112 Å². The summed E-state index contributed by atoms with van der Waals surface area (Å²) in [6, 6.07) is 0.231. The lowest BCUT2D eigenvalue weighted by Crippen LogP contribution is -2.57. The van der Waals surface area contributed by atoms with Crippen molar-refractivity contribution in [3.8, 4) is 0 Å². The number of piperazine rings is 3. The van der Waals surface area contributed by atoms with E-state index in [0.29, 0.717) is 5.89 Å². The number of Topliss-reactive ketones (excluding diaryl/α,β-unsaturated/α-hetero) is 1. The van der Waals surface area contributed by atoms with Crippen LogP contribution in [0, 0.1) is 5.92 Å². The van der Waals surface area contributed by atoms with Crippen LogP contribution in [0.15, 0.2) is 4.52 Å². The van der Waals surface area contributed by atoms with Gasteiger partial charge in [-0.05, 0) is 0 Å². The summed E-state index contributed by atoms with van der Waals surface area (Å²) in [5.74, 6) is 1.34. The molecule has 3 saturated heterocycles. The van der Waals surface area contributed by atoms with E-state index < -0.39 is 0 Å². The minimum atomic E-state index is 0.0101. The molecule has 0 radical (unpaired) electrons. The van der Waals surface area contributed by atoms with Crippen molar-refractivity contribution in [2.75, 3.05) is 32.7 Å². The lowest BCUT2D eigenvalue weighted by atomic mass is 10.1. The molecule has 1 aromatic heterocycles. The molecule has 1 aromatic rings. The van der Waals surface area contributed by atoms with Gasteiger partial charge in [-0.2, -0.15) is 4.98 Å². The number of carbonyl (C=O) groups excluding carboxylic acids is 1. The van der Waals surface area contributed by atoms with Crippen molar-refractivity contribution in [1.29, 1.82) is 0 Å². The highest BCUT2D eigenvalue weighted by molar-refractivity contribution is 5.81. The average molecular weight is 264 g/mol. The van der Waals surface area contributed by atoms with Crippen LogP contribution in [0.5, 0.6) is 0 Å². The Morgan fingerprint density at radius 1 is 1.37 bits per heavy atom. The van der Waals surface area contributed by atoms with E-state index in [1.54, 1.807) is 0 Å². The predicted molar refractivity (Wildman–Crippen MR) is 68.6 cm³/mol. The SMILES string of the molecule is CC(C)C(=O)Cc1nc(C2CN3CCN2CC3)no1. The maximum Gasteiger partial charge on any atom is 0.234 e. The lowest BCUT2D eigenvalue weighted by Gasteiger charge is -2.46. The highest BCUT2D eigenvalue weighted by atomic mass is 16.5. The van der Waals surface area contributed by atoms with Crippen LogP contribution in [0.2, 0.25) is 0 Å². The van der Waals surface area contributed by atoms with E-state index in [4.69, 9.17) is 4.52 Å². The van der Waals surface area contributed by atoms with Gasteiger partial charge in [0.1, 0.15) is 5.78 Å². The van der Waals surface area contributed by atoms with E-state index in [9.17, 15) is 4.79 Å². The summed E-state index contributed by atoms with van der Waals surface area (Å²) in [4.78, 5) is 20.9. The van der Waals surface area contributed by atoms with E-state index in [1.807, 2.05) is 13.8 Å². The molecule has 4 rings (SSSR count). The second kappa shape index (κ2) is 5.02. The zero-order valence-electron chi connectivity index (χ0n) is 11.5. The lowest BCUT2D eigenvalue weighted by molar-refractivity contribution is -0.121. The van der Waals surface area contributed by atoms with Gasteiger partial charge in [0.2, 0.25) is 5.89 Å². The van der Waals surface area contributed by atoms with Gasteiger partial charge in [0.25, 0.3) is 0 Å². The maximum absolute atomic E-state index is 11.7. The smallest absolute Gasteiger partial charge is 0.234 e. The second-order valence-corrected chi connectivity index (χ2v) is 5.70. The molecule has 3 fully saturated rings. The molecule has 3 aliphatic heterocycles. The van der Waals surface area contributed by atoms with Crippen molar-refractivity contribution in [3.63, 3.8) is 0 Å². The van der Waals surface area contributed by atoms with Gasteiger partial charge in [0.05, 0.1) is 12.5 Å². The topological polar surface area (TPSA) is 62.5 Å². The number of hydrogen-bond donors (Lipinski definition) is 0. The standard InChI is InChI=1S/C13H20N4O2/c1-9(2)11(18)7-12-14-13(15-19-12)10-8-16-3-5-17(10)6-4-16/h9-10H,3-8H2,1-2H3. The monoisotopic (exact) mass is 264 g/mol. The van der Waals surface area contributed by atoms with Gasteiger partial charge in [0, 0.05) is 38.6 Å². The van der Waals surface area contributed by atoms with Crippen LogP contribution >= 0.6 is 0 Å². The van der Waals surface area contributed by atoms with E-state index >= 15 is 0 Å². The first kappa shape index (κ1) is 12.7. The van der Waals surface area contributed by atoms with Gasteiger partial charge < -0.3 is 4.52 Å². The van der Waals surface area contributed by atoms with Gasteiger partial charge >= 0.3 is 0 Å². The Hall–Kier alpha value is -1.27. The van der Waals surface area contributed by atoms with Crippen molar-refractivity contribution in [2.45, 2.75) is 26.3 Å². The van der Waals surface area contributed by atoms with Crippen LogP contribution in [-0.4, -0.2) is 58.4 Å². The fourth-order valence-electron chi connectivity index (χ4n) is 2.69. The number of aromatic nitrogens is 2. The minimum absolute atomic E-state index is 0.0101. The summed E-state index contributed by atoms with van der Waals surface area (Å²) in [6.45, 7) is 9.15. The van der Waals surface area contributed by atoms with Crippen LogP contribution in [0.4, 0.5) is 0 Å². The second-order valence-electron chi connectivity index (χ2n) is 5.70. The molecule has 0 spiro atoms. The van der Waals surface area contributed by atoms with Gasteiger partial charge in [-0.25, -0.2) is 0 Å². The van der Waals surface area contributed by atoms with Crippen LogP contribution < -0.4 is 0 Å². The van der Waals surface area contributed by atoms with Crippen LogP contribution in [0.3, 0.4) is 0 Å². The number of ketones is 1. The van der Waals surface area contributed by atoms with Crippen molar-refractivity contribution in [3.05, 3.63) is 11.7 Å². The summed E-state index contributed by atoms with van der Waals surface area (Å²) in [5.41, 5.74) is 0. The Morgan fingerprint density at radius 2 is 2.11 bits per heavy atom. The zero-order chi connectivity index (χ0) is 13.4. The molecule has 0 aliphatic carbocycles. The highest BCUT2D eigenvalue weighted by Crippen LogP contribution is 2.26. The van der Waals surface area contributed by atoms with Crippen molar-refractivity contribution >= 4 is 5.78 Å². The van der Waals surface area contributed by atoms with Gasteiger partial charge in [0.15, 0.2) is 5.82 Å². The van der Waals surface area contributed by atoms with E-state index in [-0.39, 0.29) is 24.2 Å². The number of rotatable bonds is 4. The Kier molecular flexibility index (Phi) is 3.36. The predicted octanol–water partition coefficient (Wildman–Crippen LogP) is 0.510. The Morgan fingerprint density at radius 3 is 2.68 bits per heavy atom. The fraction of sp³-hybridized carbons (Fsp3) is 0.769. The Bertz CT molecular complexity index is 463. The first-order valence-electron chi connectivity index (χ1n) is 6.95. The molecule has 0 saturated carbocycles. The van der Waals surface area contributed by atoms with Crippen molar-refractivity contribution in [2.24, 2.45) is 5.92 Å². The highest BCUT2D eigenvalue weighted by Gasteiger charge is 2.35. The molecule has 0 amide bonds. The molecular formula is C13H20N4O2. The quantitative estimate of drug-likeness (QED) is 0.789. The van der Waals surface area contributed by atoms with Crippen LogP contribution in [0.1, 0.15) is 31.6 Å². The molecular weight excluding hydrogens is 244 g/mol. The zero-order valence-corrected chi connectivity index (χ0v) is 11.5. The molecule has 3 aliphatic rings. The molecule has 1 unspecified atom stereocenters. The molecule has 0 aromatic carbocycles. The molecule has 104 valence electrons. The maximum atomic E-state index is 11.7. The third kappa shape index (κ3) is 2.55. The molecule has 1 atom stereocenters. The third-order valence-corrected chi connectivity index (χ3v) is 4.03. The van der Waals surface area contributed by atoms with E-state index in [0.717, 1.165) is 38.5 Å². The molecule has 4 heterocycles. The Balaban J connectivity index is 1.69. The summed E-state index contributed by atoms with van der Waals surface area (Å²) >= 11 is 0. The van der Waals surface area contributed by atoms with Gasteiger partial charge in [-0.1, -0.05) is 19.0 Å². The van der Waals surface area contributed by atoms with Gasteiger partial charge in [-0.3, -0.25) is 14.6 Å². The van der Waals surface area contributed by atoms with Crippen LogP contribution in [-0.2, 0) is 11.2 Å². The molecule has 6 nitrogen and oxygen atoms in total. The summed E-state index contributed by atoms with van der Waals surface area (Å²) in [5, 5.41) is 4.06. The molecule has 2 bridgehead atoms. The normalized spacial score (nSPS) is 29.9. The van der Waals surface area contributed by atoms with E-state index in [2.05, 4.69) is 19.9 Å². The van der Waals surface area contributed by atoms with Gasteiger partial charge in [-0.15, -0.1) is 0 Å². The molecule has 6 heteroatoms. The summed E-state index contributed by atoms with van der Waals surface area (Å²) < 4.78 is 5.22. The first-order valence-corrected chi connectivity index (χ1v) is 6.95. The third-order valence-electron chi connectivity index (χ3n) is 4.03. The fourth-order valence-corrected chi connectivity index (χ4v) is 2.69. The number of fused-ring (bicyclic) bond motifs is 3. The van der Waals surface area contributed by atoms with Crippen molar-refractivity contribution in [1.82, 2.24) is 19.9 Å². The number of hydrogen-bond acceptors (Lipinski definition) is 6. The largest absolute Gasteiger partial charge is 0.339 e.